The molecule has 4 heteroatoms. The summed E-state index contributed by atoms with van der Waals surface area (Å²) in [6, 6.07) is 1.78. The van der Waals surface area contributed by atoms with Gasteiger partial charge in [-0.05, 0) is 61.3 Å². The summed E-state index contributed by atoms with van der Waals surface area (Å²) in [6.45, 7) is 4.78. The van der Waals surface area contributed by atoms with E-state index in [2.05, 4.69) is 13.8 Å². The molecule has 4 bridgehead atoms. The Hall–Kier alpha value is -0.0500. The Morgan fingerprint density at radius 2 is 1.76 bits per heavy atom. The van der Waals surface area contributed by atoms with Gasteiger partial charge in [-0.25, -0.2) is 0 Å². The molecule has 1 nitrogen and oxygen atoms in total. The van der Waals surface area contributed by atoms with Crippen molar-refractivity contribution in [1.29, 1.82) is 0 Å². The second-order valence-electron chi connectivity index (χ2n) is 8.48. The van der Waals surface area contributed by atoms with E-state index < -0.39 is 0 Å². The molecule has 2 atom stereocenters. The predicted octanol–water partition coefficient (Wildman–Crippen LogP) is 6.23. The summed E-state index contributed by atoms with van der Waals surface area (Å²) in [6.07, 6.45) is 7.01. The Bertz CT molecular complexity index is 617. The summed E-state index contributed by atoms with van der Waals surface area (Å²) in [5, 5.41) is 0. The van der Waals surface area contributed by atoms with Gasteiger partial charge in [0.25, 0.3) is 0 Å². The van der Waals surface area contributed by atoms with E-state index in [1.54, 1.807) is 6.07 Å². The Labute approximate surface area is 140 Å². The van der Waals surface area contributed by atoms with Crippen molar-refractivity contribution in [2.75, 3.05) is 0 Å². The second-order valence-corrected chi connectivity index (χ2v) is 10.8. The average molecular weight is 343 g/mol. The molecule has 0 aromatic carbocycles. The maximum Gasteiger partial charge on any atom is 0.171 e. The molecular formula is C17H20Cl2OS. The smallest absolute Gasteiger partial charge is 0.171 e. The van der Waals surface area contributed by atoms with Gasteiger partial charge in [0.2, 0.25) is 0 Å². The molecule has 5 rings (SSSR count). The first-order valence-corrected chi connectivity index (χ1v) is 9.30. The van der Waals surface area contributed by atoms with Crippen LogP contribution in [0.5, 0.6) is 0 Å². The van der Waals surface area contributed by atoms with Crippen molar-refractivity contribution in [2.24, 2.45) is 22.2 Å². The SMILES string of the molecule is CC12CC3CC(C)(C1)CC(C(=O)c1cc(Cl)sc1Cl)(C3)C2. The molecule has 4 aliphatic carbocycles. The summed E-state index contributed by atoms with van der Waals surface area (Å²) in [7, 11) is 0. The maximum absolute atomic E-state index is 13.3. The number of hydrogen-bond donors (Lipinski definition) is 0. The van der Waals surface area contributed by atoms with Crippen LogP contribution in [0.15, 0.2) is 6.07 Å². The van der Waals surface area contributed by atoms with Gasteiger partial charge in [0, 0.05) is 11.0 Å². The molecule has 0 radical (unpaired) electrons. The fraction of sp³-hybridized carbons (Fsp3) is 0.706. The van der Waals surface area contributed by atoms with Gasteiger partial charge in [-0.15, -0.1) is 11.3 Å². The Balaban J connectivity index is 1.77. The summed E-state index contributed by atoms with van der Waals surface area (Å²) in [5.41, 5.74) is 1.17. The first kappa shape index (κ1) is 14.5. The van der Waals surface area contributed by atoms with E-state index >= 15 is 0 Å². The van der Waals surface area contributed by atoms with Crippen molar-refractivity contribution in [3.8, 4) is 0 Å². The average Bonchev–Trinajstić information content (AvgIpc) is 2.62. The van der Waals surface area contributed by atoms with Crippen LogP contribution in [0.4, 0.5) is 0 Å². The van der Waals surface area contributed by atoms with E-state index in [-0.39, 0.29) is 11.2 Å². The van der Waals surface area contributed by atoms with Crippen molar-refractivity contribution in [3.05, 3.63) is 20.3 Å². The fourth-order valence-corrected chi connectivity index (χ4v) is 7.94. The molecule has 0 spiro atoms. The van der Waals surface area contributed by atoms with Crippen molar-refractivity contribution in [3.63, 3.8) is 0 Å². The third kappa shape index (κ3) is 2.13. The summed E-state index contributed by atoms with van der Waals surface area (Å²) in [4.78, 5) is 13.3. The zero-order valence-electron chi connectivity index (χ0n) is 12.5. The molecule has 0 saturated heterocycles. The van der Waals surface area contributed by atoms with E-state index in [1.165, 1.54) is 30.6 Å². The van der Waals surface area contributed by atoms with Crippen LogP contribution >= 0.6 is 34.5 Å². The highest BCUT2D eigenvalue weighted by molar-refractivity contribution is 7.20. The van der Waals surface area contributed by atoms with E-state index in [1.807, 2.05) is 0 Å². The van der Waals surface area contributed by atoms with Crippen LogP contribution < -0.4 is 0 Å². The van der Waals surface area contributed by atoms with Gasteiger partial charge in [-0.2, -0.15) is 0 Å². The van der Waals surface area contributed by atoms with Crippen molar-refractivity contribution < 1.29 is 4.79 Å². The normalized spacial score (nSPS) is 44.3. The van der Waals surface area contributed by atoms with Crippen LogP contribution in [0.3, 0.4) is 0 Å². The van der Waals surface area contributed by atoms with Crippen LogP contribution in [-0.2, 0) is 0 Å². The minimum absolute atomic E-state index is 0.184. The van der Waals surface area contributed by atoms with E-state index in [0.29, 0.717) is 31.0 Å². The quantitative estimate of drug-likeness (QED) is 0.581. The number of ketones is 1. The monoisotopic (exact) mass is 342 g/mol. The number of halogens is 2. The van der Waals surface area contributed by atoms with Gasteiger partial charge in [-0.3, -0.25) is 4.79 Å². The second kappa shape index (κ2) is 4.27. The Kier molecular flexibility index (Phi) is 2.96. The van der Waals surface area contributed by atoms with Crippen LogP contribution in [0.25, 0.3) is 0 Å². The molecule has 2 unspecified atom stereocenters. The zero-order valence-corrected chi connectivity index (χ0v) is 14.8. The third-order valence-corrected chi connectivity index (χ3v) is 7.50. The van der Waals surface area contributed by atoms with Gasteiger partial charge in [0.05, 0.1) is 4.34 Å². The molecule has 1 aromatic rings. The van der Waals surface area contributed by atoms with Crippen molar-refractivity contribution in [2.45, 2.75) is 52.4 Å². The molecule has 4 saturated carbocycles. The van der Waals surface area contributed by atoms with Gasteiger partial charge >= 0.3 is 0 Å². The number of carbonyl (C=O) groups is 1. The zero-order chi connectivity index (χ0) is 15.0. The van der Waals surface area contributed by atoms with Crippen molar-refractivity contribution in [1.82, 2.24) is 0 Å². The fourth-order valence-electron chi connectivity index (χ4n) is 6.48. The van der Waals surface area contributed by atoms with E-state index in [9.17, 15) is 4.79 Å². The first-order chi connectivity index (χ1) is 9.73. The number of rotatable bonds is 2. The maximum atomic E-state index is 13.3. The minimum atomic E-state index is -0.184. The topological polar surface area (TPSA) is 17.1 Å². The molecular weight excluding hydrogens is 323 g/mol. The molecule has 1 aromatic heterocycles. The van der Waals surface area contributed by atoms with Gasteiger partial charge in [0.15, 0.2) is 5.78 Å². The predicted molar refractivity (Wildman–Crippen MR) is 88.5 cm³/mol. The highest BCUT2D eigenvalue weighted by Gasteiger charge is 2.62. The van der Waals surface area contributed by atoms with Crippen LogP contribution in [0.1, 0.15) is 62.7 Å². The molecule has 0 aliphatic heterocycles. The lowest BCUT2D eigenvalue weighted by atomic mass is 9.39. The number of thiophene rings is 1. The van der Waals surface area contributed by atoms with E-state index in [0.717, 1.165) is 19.3 Å². The van der Waals surface area contributed by atoms with Crippen LogP contribution in [0.2, 0.25) is 8.67 Å². The molecule has 0 N–H and O–H groups in total. The Morgan fingerprint density at radius 1 is 1.14 bits per heavy atom. The number of carbonyl (C=O) groups excluding carboxylic acids is 1. The standard InChI is InChI=1S/C17H20Cl2OS/c1-15-4-10-5-16(2,7-15)9-17(6-10,8-15)13(20)11-3-12(18)21-14(11)19/h3,10H,4-9H2,1-2H3. The molecule has 114 valence electrons. The Morgan fingerprint density at radius 3 is 2.24 bits per heavy atom. The molecule has 21 heavy (non-hydrogen) atoms. The number of Topliss-reactive ketones (excluding diaryl/α,β-unsaturated/α-hetero) is 1. The third-order valence-electron chi connectivity index (χ3n) is 6.01. The molecule has 4 fully saturated rings. The highest BCUT2D eigenvalue weighted by atomic mass is 35.5. The van der Waals surface area contributed by atoms with Crippen molar-refractivity contribution >= 4 is 40.3 Å². The number of hydrogen-bond acceptors (Lipinski definition) is 2. The lowest BCUT2D eigenvalue weighted by molar-refractivity contribution is -0.125. The summed E-state index contributed by atoms with van der Waals surface area (Å²) < 4.78 is 1.18. The molecule has 1 heterocycles. The van der Waals surface area contributed by atoms with Gasteiger partial charge in [-0.1, -0.05) is 37.0 Å². The van der Waals surface area contributed by atoms with E-state index in [4.69, 9.17) is 23.2 Å². The molecule has 0 amide bonds. The highest BCUT2D eigenvalue weighted by Crippen LogP contribution is 2.70. The lowest BCUT2D eigenvalue weighted by Crippen LogP contribution is -2.57. The van der Waals surface area contributed by atoms with Crippen LogP contribution in [-0.4, -0.2) is 5.78 Å². The van der Waals surface area contributed by atoms with Crippen LogP contribution in [0, 0.1) is 22.2 Å². The summed E-state index contributed by atoms with van der Waals surface area (Å²) in [5.74, 6) is 0.977. The lowest BCUT2D eigenvalue weighted by Gasteiger charge is -2.64. The molecule has 4 aliphatic rings. The van der Waals surface area contributed by atoms with Gasteiger partial charge in [0.1, 0.15) is 4.34 Å². The summed E-state index contributed by atoms with van der Waals surface area (Å²) >= 11 is 13.6. The largest absolute Gasteiger partial charge is 0.293 e. The first-order valence-electron chi connectivity index (χ1n) is 7.72. The minimum Gasteiger partial charge on any atom is -0.293 e. The van der Waals surface area contributed by atoms with Gasteiger partial charge < -0.3 is 0 Å².